The van der Waals surface area contributed by atoms with Gasteiger partial charge in [-0.1, -0.05) is 37.3 Å². The monoisotopic (exact) mass is 387 g/mol. The third kappa shape index (κ3) is 5.37. The van der Waals surface area contributed by atoms with E-state index in [1.54, 1.807) is 16.5 Å². The first-order valence-corrected chi connectivity index (χ1v) is 10.2. The van der Waals surface area contributed by atoms with Crippen LogP contribution in [0.15, 0.2) is 41.9 Å². The van der Waals surface area contributed by atoms with Gasteiger partial charge in [-0.05, 0) is 24.8 Å². The highest BCUT2D eigenvalue weighted by Crippen LogP contribution is 2.23. The maximum absolute atomic E-state index is 13.3. The molecule has 1 aliphatic rings. The molecule has 0 bridgehead atoms. The van der Waals surface area contributed by atoms with Crippen molar-refractivity contribution < 1.29 is 14.3 Å². The van der Waals surface area contributed by atoms with Crippen molar-refractivity contribution in [2.75, 3.05) is 25.0 Å². The van der Waals surface area contributed by atoms with Crippen molar-refractivity contribution >= 4 is 28.3 Å². The summed E-state index contributed by atoms with van der Waals surface area (Å²) >= 11 is 1.36. The van der Waals surface area contributed by atoms with Crippen LogP contribution in [0, 0.1) is 0 Å². The highest BCUT2D eigenvalue weighted by molar-refractivity contribution is 7.13. The van der Waals surface area contributed by atoms with Gasteiger partial charge in [0, 0.05) is 24.7 Å². The van der Waals surface area contributed by atoms with E-state index in [-0.39, 0.29) is 30.4 Å². The summed E-state index contributed by atoms with van der Waals surface area (Å²) in [5.74, 6) is -0.534. The van der Waals surface area contributed by atoms with Crippen LogP contribution < -0.4 is 5.32 Å². The van der Waals surface area contributed by atoms with Crippen molar-refractivity contribution in [2.45, 2.75) is 38.2 Å². The van der Waals surface area contributed by atoms with Gasteiger partial charge in [0.1, 0.15) is 6.54 Å². The van der Waals surface area contributed by atoms with E-state index in [9.17, 15) is 9.59 Å². The molecule has 0 spiro atoms. The van der Waals surface area contributed by atoms with Crippen molar-refractivity contribution in [3.8, 4) is 0 Å². The zero-order valence-corrected chi connectivity index (χ0v) is 16.3. The zero-order chi connectivity index (χ0) is 19.1. The second-order valence-electron chi connectivity index (χ2n) is 6.61. The van der Waals surface area contributed by atoms with Gasteiger partial charge < -0.3 is 15.0 Å². The van der Waals surface area contributed by atoms with Crippen LogP contribution in [0.4, 0.5) is 5.13 Å². The Kier molecular flexibility index (Phi) is 6.95. The second-order valence-corrected chi connectivity index (χ2v) is 7.51. The molecular weight excluding hydrogens is 362 g/mol. The fourth-order valence-electron chi connectivity index (χ4n) is 3.34. The van der Waals surface area contributed by atoms with Gasteiger partial charge in [-0.25, -0.2) is 4.98 Å². The minimum Gasteiger partial charge on any atom is -0.376 e. The quantitative estimate of drug-likeness (QED) is 0.754. The van der Waals surface area contributed by atoms with Gasteiger partial charge in [0.15, 0.2) is 5.13 Å². The molecule has 0 aliphatic carbocycles. The molecule has 27 heavy (non-hydrogen) atoms. The number of nitrogens with zero attached hydrogens (tertiary/aromatic N) is 2. The predicted octanol–water partition coefficient (Wildman–Crippen LogP) is 3.28. The van der Waals surface area contributed by atoms with E-state index in [0.29, 0.717) is 24.7 Å². The van der Waals surface area contributed by atoms with Crippen LogP contribution in [0.25, 0.3) is 0 Å². The molecule has 1 aromatic heterocycles. The van der Waals surface area contributed by atoms with E-state index < -0.39 is 0 Å². The van der Waals surface area contributed by atoms with Gasteiger partial charge in [-0.2, -0.15) is 0 Å². The third-order valence-corrected chi connectivity index (χ3v) is 5.37. The first-order chi connectivity index (χ1) is 13.2. The molecule has 1 N–H and O–H groups in total. The van der Waals surface area contributed by atoms with Gasteiger partial charge in [0.05, 0.1) is 12.0 Å². The Morgan fingerprint density at radius 3 is 2.81 bits per heavy atom. The van der Waals surface area contributed by atoms with Crippen LogP contribution in [-0.2, 0) is 14.3 Å². The van der Waals surface area contributed by atoms with E-state index in [2.05, 4.69) is 10.3 Å². The summed E-state index contributed by atoms with van der Waals surface area (Å²) in [5, 5.41) is 5.10. The molecule has 2 aromatic rings. The van der Waals surface area contributed by atoms with Crippen LogP contribution in [0.2, 0.25) is 0 Å². The van der Waals surface area contributed by atoms with Gasteiger partial charge in [-0.3, -0.25) is 9.59 Å². The topological polar surface area (TPSA) is 71.5 Å². The van der Waals surface area contributed by atoms with E-state index in [1.807, 2.05) is 37.3 Å². The summed E-state index contributed by atoms with van der Waals surface area (Å²) < 4.78 is 5.70. The fraction of sp³-hybridized carbons (Fsp3) is 0.450. The summed E-state index contributed by atoms with van der Waals surface area (Å²) in [7, 11) is 0. The van der Waals surface area contributed by atoms with Crippen molar-refractivity contribution in [2.24, 2.45) is 0 Å². The van der Waals surface area contributed by atoms with E-state index in [1.165, 1.54) is 11.3 Å². The first-order valence-electron chi connectivity index (χ1n) is 9.32. The number of aromatic nitrogens is 1. The van der Waals surface area contributed by atoms with Crippen LogP contribution in [0.3, 0.4) is 0 Å². The third-order valence-electron chi connectivity index (χ3n) is 4.68. The molecule has 2 amide bonds. The molecule has 1 aliphatic heterocycles. The molecule has 1 saturated heterocycles. The van der Waals surface area contributed by atoms with Crippen molar-refractivity contribution in [1.82, 2.24) is 9.88 Å². The molecule has 144 valence electrons. The molecule has 0 radical (unpaired) electrons. The number of amides is 2. The fourth-order valence-corrected chi connectivity index (χ4v) is 3.89. The second kappa shape index (κ2) is 9.62. The molecule has 2 unspecified atom stereocenters. The number of thiazole rings is 1. The van der Waals surface area contributed by atoms with Gasteiger partial charge >= 0.3 is 0 Å². The van der Waals surface area contributed by atoms with Gasteiger partial charge in [-0.15, -0.1) is 11.3 Å². The first kappa shape index (κ1) is 19.5. The number of benzene rings is 1. The summed E-state index contributed by atoms with van der Waals surface area (Å²) in [5.41, 5.74) is 0.975. The summed E-state index contributed by atoms with van der Waals surface area (Å²) in [6, 6.07) is 9.74. The van der Waals surface area contributed by atoms with Crippen LogP contribution in [0.5, 0.6) is 0 Å². The molecule has 1 aromatic carbocycles. The number of rotatable bonds is 8. The maximum atomic E-state index is 13.3. The maximum Gasteiger partial charge on any atom is 0.245 e. The Balaban J connectivity index is 1.73. The number of ether oxygens (including phenoxy) is 1. The standard InChI is InChI=1S/C20H25N3O3S/c1-2-17(15-7-4-3-5-8-15)19(25)23(13-16-9-6-11-26-16)14-18(24)22-20-21-10-12-27-20/h3-5,7-8,10,12,16-17H,2,6,9,11,13-14H2,1H3,(H,21,22,24). The molecule has 2 atom stereocenters. The number of nitrogens with one attached hydrogen (secondary N) is 1. The molecule has 3 rings (SSSR count). The molecule has 6 nitrogen and oxygen atoms in total. The van der Waals surface area contributed by atoms with E-state index >= 15 is 0 Å². The smallest absolute Gasteiger partial charge is 0.245 e. The largest absolute Gasteiger partial charge is 0.376 e. The summed E-state index contributed by atoms with van der Waals surface area (Å²) in [6.07, 6.45) is 4.22. The molecular formula is C20H25N3O3S. The number of carbonyl (C=O) groups excluding carboxylic acids is 2. The minimum absolute atomic E-state index is 0.00159. The Bertz CT molecular complexity index is 730. The molecule has 7 heteroatoms. The number of hydrogen-bond acceptors (Lipinski definition) is 5. The zero-order valence-electron chi connectivity index (χ0n) is 15.5. The highest BCUT2D eigenvalue weighted by atomic mass is 32.1. The van der Waals surface area contributed by atoms with Gasteiger partial charge in [0.25, 0.3) is 0 Å². The van der Waals surface area contributed by atoms with Crippen LogP contribution >= 0.6 is 11.3 Å². The lowest BCUT2D eigenvalue weighted by Gasteiger charge is -2.28. The highest BCUT2D eigenvalue weighted by Gasteiger charge is 2.29. The van der Waals surface area contributed by atoms with Crippen molar-refractivity contribution in [3.63, 3.8) is 0 Å². The molecule has 1 fully saturated rings. The van der Waals surface area contributed by atoms with Crippen molar-refractivity contribution in [1.29, 1.82) is 0 Å². The van der Waals surface area contributed by atoms with E-state index in [0.717, 1.165) is 18.4 Å². The lowest BCUT2D eigenvalue weighted by Crippen LogP contribution is -2.44. The Morgan fingerprint density at radius 2 is 2.19 bits per heavy atom. The Morgan fingerprint density at radius 1 is 1.37 bits per heavy atom. The number of anilines is 1. The summed E-state index contributed by atoms with van der Waals surface area (Å²) in [6.45, 7) is 3.15. The Hall–Kier alpha value is -2.25. The average molecular weight is 388 g/mol. The van der Waals surface area contributed by atoms with Crippen LogP contribution in [0.1, 0.15) is 37.7 Å². The average Bonchev–Trinajstić information content (AvgIpc) is 3.37. The lowest BCUT2D eigenvalue weighted by atomic mass is 9.94. The summed E-state index contributed by atoms with van der Waals surface area (Å²) in [4.78, 5) is 31.5. The molecule has 0 saturated carbocycles. The SMILES string of the molecule is CCC(C(=O)N(CC(=O)Nc1nccs1)CC1CCCO1)c1ccccc1. The van der Waals surface area contributed by atoms with E-state index in [4.69, 9.17) is 4.74 Å². The van der Waals surface area contributed by atoms with Gasteiger partial charge in [0.2, 0.25) is 11.8 Å². The van der Waals surface area contributed by atoms with Crippen LogP contribution in [-0.4, -0.2) is 47.5 Å². The predicted molar refractivity (Wildman–Crippen MR) is 106 cm³/mol. The molecule has 2 heterocycles. The number of carbonyl (C=O) groups is 2. The van der Waals surface area contributed by atoms with Crippen molar-refractivity contribution in [3.05, 3.63) is 47.5 Å². The normalized spacial score (nSPS) is 17.4. The Labute approximate surface area is 163 Å². The minimum atomic E-state index is -0.264. The number of hydrogen-bond donors (Lipinski definition) is 1. The lowest BCUT2D eigenvalue weighted by molar-refractivity contribution is -0.137.